The maximum atomic E-state index is 5.94. The first-order chi connectivity index (χ1) is 12.2. The van der Waals surface area contributed by atoms with Crippen molar-refractivity contribution in [1.29, 1.82) is 0 Å². The zero-order chi connectivity index (χ0) is 17.2. The number of morpholine rings is 1. The highest BCUT2D eigenvalue weighted by Gasteiger charge is 2.34. The Labute approximate surface area is 150 Å². The Morgan fingerprint density at radius 2 is 2.20 bits per heavy atom. The van der Waals surface area contributed by atoms with Crippen LogP contribution in [-0.2, 0) is 11.8 Å². The lowest BCUT2D eigenvalue weighted by Crippen LogP contribution is -2.49. The van der Waals surface area contributed by atoms with Crippen molar-refractivity contribution < 1.29 is 4.74 Å². The van der Waals surface area contributed by atoms with Crippen LogP contribution in [0.1, 0.15) is 30.9 Å². The van der Waals surface area contributed by atoms with Gasteiger partial charge >= 0.3 is 0 Å². The van der Waals surface area contributed by atoms with Crippen molar-refractivity contribution in [2.45, 2.75) is 31.4 Å². The number of nitrogens with zero attached hydrogens (tertiary/aromatic N) is 5. The molecule has 3 fully saturated rings. The highest BCUT2D eigenvalue weighted by atomic mass is 16.5. The fourth-order valence-corrected chi connectivity index (χ4v) is 4.02. The summed E-state index contributed by atoms with van der Waals surface area (Å²) in [5.41, 5.74) is 1.14. The molecule has 2 saturated heterocycles. The van der Waals surface area contributed by atoms with E-state index in [4.69, 9.17) is 4.74 Å². The van der Waals surface area contributed by atoms with Gasteiger partial charge in [-0.05, 0) is 31.7 Å². The molecule has 2 atom stereocenters. The van der Waals surface area contributed by atoms with Crippen molar-refractivity contribution in [3.05, 3.63) is 18.0 Å². The second kappa shape index (κ2) is 7.33. The molecule has 7 heteroatoms. The maximum absolute atomic E-state index is 5.94. The van der Waals surface area contributed by atoms with E-state index >= 15 is 0 Å². The number of hydrogen-bond acceptors (Lipinski definition) is 4. The molecule has 0 radical (unpaired) electrons. The van der Waals surface area contributed by atoms with Crippen LogP contribution in [0, 0.1) is 5.92 Å². The number of likely N-dealkylation sites (tertiary alicyclic amines) is 1. The molecule has 0 bridgehead atoms. The summed E-state index contributed by atoms with van der Waals surface area (Å²) in [6.07, 6.45) is 8.13. The fraction of sp³-hybridized carbons (Fsp3) is 0.778. The van der Waals surface area contributed by atoms with Gasteiger partial charge in [-0.2, -0.15) is 5.10 Å². The van der Waals surface area contributed by atoms with Gasteiger partial charge in [0.2, 0.25) is 0 Å². The van der Waals surface area contributed by atoms with Crippen LogP contribution in [0.2, 0.25) is 0 Å². The Morgan fingerprint density at radius 1 is 1.32 bits per heavy atom. The minimum Gasteiger partial charge on any atom is -0.370 e. The summed E-state index contributed by atoms with van der Waals surface area (Å²) in [7, 11) is 3.82. The minimum absolute atomic E-state index is 0.0674. The van der Waals surface area contributed by atoms with Crippen molar-refractivity contribution >= 4 is 5.96 Å². The first kappa shape index (κ1) is 16.8. The van der Waals surface area contributed by atoms with E-state index < -0.39 is 0 Å². The summed E-state index contributed by atoms with van der Waals surface area (Å²) < 4.78 is 7.77. The molecule has 1 saturated carbocycles. The Hall–Kier alpha value is -1.60. The average Bonchev–Trinajstić information content (AvgIpc) is 3.21. The summed E-state index contributed by atoms with van der Waals surface area (Å²) in [6, 6.07) is 0.892. The number of guanidine groups is 1. The van der Waals surface area contributed by atoms with Gasteiger partial charge < -0.3 is 19.9 Å². The van der Waals surface area contributed by atoms with Gasteiger partial charge in [0, 0.05) is 51.5 Å². The van der Waals surface area contributed by atoms with Gasteiger partial charge in [-0.25, -0.2) is 0 Å². The topological polar surface area (TPSA) is 57.9 Å². The number of aliphatic imine (C=N–C) groups is 1. The molecule has 3 aliphatic rings. The van der Waals surface area contributed by atoms with Crippen LogP contribution in [0.4, 0.5) is 0 Å². The van der Waals surface area contributed by atoms with Crippen molar-refractivity contribution in [1.82, 2.24) is 24.9 Å². The SMILES string of the molecule is CN=C(NCC1CCN(C2CC2)C1)N1CCOC(c2cnn(C)c2)C1. The van der Waals surface area contributed by atoms with Crippen LogP contribution >= 0.6 is 0 Å². The predicted octanol–water partition coefficient (Wildman–Crippen LogP) is 0.853. The molecule has 1 aromatic heterocycles. The van der Waals surface area contributed by atoms with Crippen LogP contribution in [0.15, 0.2) is 17.4 Å². The molecule has 1 N–H and O–H groups in total. The van der Waals surface area contributed by atoms with E-state index in [-0.39, 0.29) is 6.10 Å². The van der Waals surface area contributed by atoms with E-state index in [1.165, 1.54) is 32.4 Å². The Bertz CT molecular complexity index is 610. The lowest BCUT2D eigenvalue weighted by molar-refractivity contribution is -0.00807. The fourth-order valence-electron chi connectivity index (χ4n) is 4.02. The Morgan fingerprint density at radius 3 is 2.92 bits per heavy atom. The average molecular weight is 346 g/mol. The molecule has 2 unspecified atom stereocenters. The minimum atomic E-state index is 0.0674. The summed E-state index contributed by atoms with van der Waals surface area (Å²) in [6.45, 7) is 5.97. The predicted molar refractivity (Wildman–Crippen MR) is 97.5 cm³/mol. The van der Waals surface area contributed by atoms with E-state index in [2.05, 4.69) is 25.2 Å². The molecule has 4 rings (SSSR count). The number of rotatable bonds is 4. The van der Waals surface area contributed by atoms with Crippen molar-refractivity contribution in [3.8, 4) is 0 Å². The van der Waals surface area contributed by atoms with E-state index in [1.54, 1.807) is 0 Å². The molecular formula is C18H30N6O. The lowest BCUT2D eigenvalue weighted by Gasteiger charge is -2.35. The van der Waals surface area contributed by atoms with E-state index in [1.807, 2.05) is 31.2 Å². The van der Waals surface area contributed by atoms with Gasteiger partial charge in [0.25, 0.3) is 0 Å². The largest absolute Gasteiger partial charge is 0.370 e. The molecule has 138 valence electrons. The van der Waals surface area contributed by atoms with Crippen LogP contribution in [0.25, 0.3) is 0 Å². The maximum Gasteiger partial charge on any atom is 0.193 e. The third-order valence-corrected chi connectivity index (χ3v) is 5.60. The van der Waals surface area contributed by atoms with E-state index in [0.717, 1.165) is 49.7 Å². The second-order valence-electron chi connectivity index (χ2n) is 7.56. The van der Waals surface area contributed by atoms with Crippen molar-refractivity contribution in [2.24, 2.45) is 18.0 Å². The highest BCUT2D eigenvalue weighted by molar-refractivity contribution is 5.80. The van der Waals surface area contributed by atoms with Gasteiger partial charge in [0.1, 0.15) is 6.10 Å². The number of hydrogen-bond donors (Lipinski definition) is 1. The molecule has 25 heavy (non-hydrogen) atoms. The molecule has 1 aromatic rings. The lowest BCUT2D eigenvalue weighted by atomic mass is 10.1. The summed E-state index contributed by atoms with van der Waals surface area (Å²) >= 11 is 0. The van der Waals surface area contributed by atoms with Gasteiger partial charge in [-0.15, -0.1) is 0 Å². The quantitative estimate of drug-likeness (QED) is 0.647. The monoisotopic (exact) mass is 346 g/mol. The molecule has 0 amide bonds. The Kier molecular flexibility index (Phi) is 4.94. The van der Waals surface area contributed by atoms with Crippen LogP contribution in [-0.4, -0.2) is 78.0 Å². The van der Waals surface area contributed by atoms with Gasteiger partial charge in [-0.1, -0.05) is 0 Å². The number of nitrogens with one attached hydrogen (secondary N) is 1. The van der Waals surface area contributed by atoms with Crippen molar-refractivity contribution in [3.63, 3.8) is 0 Å². The smallest absolute Gasteiger partial charge is 0.193 e. The standard InChI is InChI=1S/C18H30N6O/c1-19-18(20-9-14-5-6-23(11-14)16-3-4-16)24-7-8-25-17(13-24)15-10-21-22(2)12-15/h10,12,14,16-17H,3-9,11,13H2,1-2H3,(H,19,20). The zero-order valence-corrected chi connectivity index (χ0v) is 15.4. The first-order valence-corrected chi connectivity index (χ1v) is 9.52. The third-order valence-electron chi connectivity index (χ3n) is 5.60. The number of aromatic nitrogens is 2. The molecule has 0 spiro atoms. The number of aryl methyl sites for hydroxylation is 1. The molecular weight excluding hydrogens is 316 g/mol. The Balaban J connectivity index is 1.29. The van der Waals surface area contributed by atoms with Crippen LogP contribution in [0.5, 0.6) is 0 Å². The molecule has 3 heterocycles. The van der Waals surface area contributed by atoms with Gasteiger partial charge in [-0.3, -0.25) is 9.67 Å². The highest BCUT2D eigenvalue weighted by Crippen LogP contribution is 2.31. The molecule has 7 nitrogen and oxygen atoms in total. The van der Waals surface area contributed by atoms with Crippen LogP contribution in [0.3, 0.4) is 0 Å². The van der Waals surface area contributed by atoms with E-state index in [9.17, 15) is 0 Å². The van der Waals surface area contributed by atoms with Crippen molar-refractivity contribution in [2.75, 3.05) is 46.4 Å². The van der Waals surface area contributed by atoms with Gasteiger partial charge in [0.15, 0.2) is 5.96 Å². The van der Waals surface area contributed by atoms with E-state index in [0.29, 0.717) is 0 Å². The summed E-state index contributed by atoms with van der Waals surface area (Å²) in [5, 5.41) is 7.88. The first-order valence-electron chi connectivity index (χ1n) is 9.52. The molecule has 0 aromatic carbocycles. The summed E-state index contributed by atoms with van der Waals surface area (Å²) in [4.78, 5) is 9.50. The number of ether oxygens (including phenoxy) is 1. The summed E-state index contributed by atoms with van der Waals surface area (Å²) in [5.74, 6) is 1.74. The second-order valence-corrected chi connectivity index (χ2v) is 7.56. The van der Waals surface area contributed by atoms with Gasteiger partial charge in [0.05, 0.1) is 19.3 Å². The molecule has 1 aliphatic carbocycles. The normalized spacial score (nSPS) is 28.6. The zero-order valence-electron chi connectivity index (χ0n) is 15.4. The van der Waals surface area contributed by atoms with Crippen LogP contribution < -0.4 is 5.32 Å². The molecule has 2 aliphatic heterocycles. The third kappa shape index (κ3) is 3.98.